The molecule has 40 heavy (non-hydrogen) atoms. The maximum absolute atomic E-state index is 13.6. The third-order valence-corrected chi connectivity index (χ3v) is 5.98. The average Bonchev–Trinajstić information content (AvgIpc) is 3.34. The Morgan fingerprint density at radius 2 is 1.40 bits per heavy atom. The Morgan fingerprint density at radius 3 is 2.02 bits per heavy atom. The molecule has 1 saturated heterocycles. The van der Waals surface area contributed by atoms with Crippen LogP contribution in [-0.2, 0) is 18.9 Å². The van der Waals surface area contributed by atoms with Gasteiger partial charge in [-0.15, -0.1) is 0 Å². The largest absolute Gasteiger partial charge is 0.459 e. The first-order valence-corrected chi connectivity index (χ1v) is 12.9. The topological polar surface area (TPSA) is 117 Å². The number of esters is 2. The van der Waals surface area contributed by atoms with E-state index in [9.17, 15) is 19.2 Å². The van der Waals surface area contributed by atoms with Gasteiger partial charge in [0, 0.05) is 12.0 Å². The predicted octanol–water partition coefficient (Wildman–Crippen LogP) is 5.46. The third kappa shape index (κ3) is 7.54. The molecule has 4 rings (SSSR count). The minimum Gasteiger partial charge on any atom is -0.459 e. The van der Waals surface area contributed by atoms with Gasteiger partial charge in [0.1, 0.15) is 30.5 Å². The molecule has 208 valence electrons. The molecular formula is C31H31NO8. The molecule has 0 bridgehead atoms. The van der Waals surface area contributed by atoms with Crippen molar-refractivity contribution in [3.05, 3.63) is 102 Å². The Bertz CT molecular complexity index is 1350. The third-order valence-electron chi connectivity index (χ3n) is 5.98. The molecule has 0 aliphatic carbocycles. The highest BCUT2D eigenvalue weighted by atomic mass is 16.6. The fourth-order valence-electron chi connectivity index (χ4n) is 4.15. The molecule has 0 radical (unpaired) electrons. The summed E-state index contributed by atoms with van der Waals surface area (Å²) in [7, 11) is 0. The second kappa shape index (κ2) is 12.6. The number of rotatable bonds is 8. The fourth-order valence-corrected chi connectivity index (χ4v) is 4.15. The number of ether oxygens (including phenoxy) is 4. The molecule has 0 spiro atoms. The van der Waals surface area contributed by atoms with Crippen molar-refractivity contribution in [1.82, 2.24) is 0 Å². The summed E-state index contributed by atoms with van der Waals surface area (Å²) in [5.41, 5.74) is 0.422. The van der Waals surface area contributed by atoms with E-state index in [0.717, 1.165) is 0 Å². The lowest BCUT2D eigenvalue weighted by molar-refractivity contribution is -0.0377. The van der Waals surface area contributed by atoms with Crippen LogP contribution in [0.5, 0.6) is 0 Å². The van der Waals surface area contributed by atoms with Crippen LogP contribution in [-0.4, -0.2) is 54.3 Å². The number of ketones is 1. The summed E-state index contributed by atoms with van der Waals surface area (Å²) < 4.78 is 22.5. The van der Waals surface area contributed by atoms with Crippen molar-refractivity contribution in [1.29, 1.82) is 0 Å². The molecule has 3 aromatic rings. The molecule has 0 saturated carbocycles. The Balaban J connectivity index is 1.51. The van der Waals surface area contributed by atoms with Gasteiger partial charge in [-0.1, -0.05) is 48.5 Å². The number of Topliss-reactive ketones (excluding diaryl/α,β-unsaturated/α-hetero) is 1. The number of amides is 1. The molecule has 3 aromatic carbocycles. The normalized spacial score (nSPS) is 18.4. The Hall–Kier alpha value is -4.50. The van der Waals surface area contributed by atoms with Gasteiger partial charge in [-0.3, -0.25) is 10.1 Å². The zero-order chi connectivity index (χ0) is 28.7. The lowest BCUT2D eigenvalue weighted by Gasteiger charge is -2.20. The van der Waals surface area contributed by atoms with E-state index >= 15 is 0 Å². The Kier molecular flexibility index (Phi) is 8.96. The highest BCUT2D eigenvalue weighted by molar-refractivity contribution is 6.06. The van der Waals surface area contributed by atoms with Gasteiger partial charge in [0.25, 0.3) is 0 Å². The fraction of sp³-hybridized carbons (Fsp3) is 0.290. The van der Waals surface area contributed by atoms with E-state index in [1.54, 1.807) is 106 Å². The van der Waals surface area contributed by atoms with Gasteiger partial charge >= 0.3 is 18.0 Å². The van der Waals surface area contributed by atoms with Crippen LogP contribution in [0, 0.1) is 0 Å². The van der Waals surface area contributed by atoms with Gasteiger partial charge in [-0.2, -0.15) is 0 Å². The summed E-state index contributed by atoms with van der Waals surface area (Å²) >= 11 is 0. The number of carbonyl (C=O) groups is 4. The minimum atomic E-state index is -1.02. The van der Waals surface area contributed by atoms with Gasteiger partial charge in [-0.25, -0.2) is 14.4 Å². The van der Waals surface area contributed by atoms with Crippen LogP contribution in [0.4, 0.5) is 10.5 Å². The number of hydrogen-bond acceptors (Lipinski definition) is 8. The van der Waals surface area contributed by atoms with Crippen LogP contribution in [0.25, 0.3) is 0 Å². The van der Waals surface area contributed by atoms with Gasteiger partial charge in [0.15, 0.2) is 5.78 Å². The summed E-state index contributed by atoms with van der Waals surface area (Å²) in [4.78, 5) is 51.3. The van der Waals surface area contributed by atoms with E-state index in [1.165, 1.54) is 0 Å². The van der Waals surface area contributed by atoms with Gasteiger partial charge in [0.2, 0.25) is 0 Å². The van der Waals surface area contributed by atoms with Crippen molar-refractivity contribution in [3.63, 3.8) is 0 Å². The van der Waals surface area contributed by atoms with E-state index in [2.05, 4.69) is 5.32 Å². The van der Waals surface area contributed by atoms with E-state index in [0.29, 0.717) is 11.1 Å². The summed E-state index contributed by atoms with van der Waals surface area (Å²) in [6.45, 7) is 4.97. The smallest absolute Gasteiger partial charge is 0.412 e. The highest BCUT2D eigenvalue weighted by Crippen LogP contribution is 2.30. The van der Waals surface area contributed by atoms with Crippen LogP contribution < -0.4 is 5.32 Å². The second-order valence-electron chi connectivity index (χ2n) is 10.2. The summed E-state index contributed by atoms with van der Waals surface area (Å²) in [6, 6.07) is 23.3. The van der Waals surface area contributed by atoms with Crippen molar-refractivity contribution in [2.24, 2.45) is 0 Å². The minimum absolute atomic E-state index is 0.0335. The van der Waals surface area contributed by atoms with E-state index in [1.807, 2.05) is 0 Å². The zero-order valence-corrected chi connectivity index (χ0v) is 22.5. The standard InChI is InChI=1S/C31H31NO8/c1-31(2,3)40-30(36)32-23-17-11-10-16-22(23)27(33)25-18-24(39-29(35)21-14-8-5-9-15-21)26(38-25)19-37-28(34)20-12-6-4-7-13-20/h4-17,24-26H,18-19H2,1-3H3,(H,32,36)/t24-,25+,26+/m0/s1. The number of hydrogen-bond donors (Lipinski definition) is 1. The monoisotopic (exact) mass is 545 g/mol. The van der Waals surface area contributed by atoms with Crippen LogP contribution in [0.2, 0.25) is 0 Å². The molecule has 1 fully saturated rings. The Labute approximate surface area is 232 Å². The lowest BCUT2D eigenvalue weighted by atomic mass is 10.0. The first-order chi connectivity index (χ1) is 19.1. The molecule has 1 aliphatic heterocycles. The van der Waals surface area contributed by atoms with Crippen LogP contribution in [0.1, 0.15) is 58.3 Å². The molecule has 1 N–H and O–H groups in total. The van der Waals surface area contributed by atoms with E-state index < -0.39 is 47.7 Å². The second-order valence-corrected chi connectivity index (χ2v) is 10.2. The predicted molar refractivity (Wildman–Crippen MR) is 146 cm³/mol. The SMILES string of the molecule is CC(C)(C)OC(=O)Nc1ccccc1C(=O)[C@H]1C[C@H](OC(=O)c2ccccc2)[C@@H](COC(=O)c2ccccc2)O1. The van der Waals surface area contributed by atoms with Crippen molar-refractivity contribution >= 4 is 29.5 Å². The van der Waals surface area contributed by atoms with Gasteiger partial charge in [-0.05, 0) is 57.2 Å². The molecule has 9 heteroatoms. The average molecular weight is 546 g/mol. The summed E-state index contributed by atoms with van der Waals surface area (Å²) in [5.74, 6) is -1.59. The van der Waals surface area contributed by atoms with E-state index in [4.69, 9.17) is 18.9 Å². The summed E-state index contributed by atoms with van der Waals surface area (Å²) in [6.07, 6.45) is -3.45. The molecule has 0 aromatic heterocycles. The molecule has 1 aliphatic rings. The molecule has 9 nitrogen and oxygen atoms in total. The highest BCUT2D eigenvalue weighted by Gasteiger charge is 2.43. The number of benzene rings is 3. The maximum atomic E-state index is 13.6. The van der Waals surface area contributed by atoms with Gasteiger partial charge < -0.3 is 18.9 Å². The van der Waals surface area contributed by atoms with Crippen molar-refractivity contribution < 1.29 is 38.1 Å². The van der Waals surface area contributed by atoms with E-state index in [-0.39, 0.29) is 24.3 Å². The Morgan fingerprint density at radius 1 is 0.825 bits per heavy atom. The zero-order valence-electron chi connectivity index (χ0n) is 22.5. The molecule has 3 atom stereocenters. The van der Waals surface area contributed by atoms with Crippen molar-refractivity contribution in [3.8, 4) is 0 Å². The number of nitrogens with one attached hydrogen (secondary N) is 1. The maximum Gasteiger partial charge on any atom is 0.412 e. The molecular weight excluding hydrogens is 514 g/mol. The van der Waals surface area contributed by atoms with Crippen LogP contribution >= 0.6 is 0 Å². The van der Waals surface area contributed by atoms with Crippen molar-refractivity contribution in [2.75, 3.05) is 11.9 Å². The first-order valence-electron chi connectivity index (χ1n) is 12.9. The van der Waals surface area contributed by atoms with Crippen LogP contribution in [0.3, 0.4) is 0 Å². The molecule has 1 heterocycles. The van der Waals surface area contributed by atoms with Crippen LogP contribution in [0.15, 0.2) is 84.9 Å². The lowest BCUT2D eigenvalue weighted by Crippen LogP contribution is -2.32. The number of anilines is 1. The number of carbonyl (C=O) groups excluding carboxylic acids is 4. The van der Waals surface area contributed by atoms with Gasteiger partial charge in [0.05, 0.1) is 16.8 Å². The summed E-state index contributed by atoms with van der Waals surface area (Å²) in [5, 5.41) is 2.61. The van der Waals surface area contributed by atoms with Crippen molar-refractivity contribution in [2.45, 2.75) is 51.1 Å². The first kappa shape index (κ1) is 28.5. The number of para-hydroxylation sites is 1. The quantitative estimate of drug-likeness (QED) is 0.225. The molecule has 0 unspecified atom stereocenters. The molecule has 1 amide bonds.